The van der Waals surface area contributed by atoms with Crippen molar-refractivity contribution in [1.29, 1.82) is 0 Å². The van der Waals surface area contributed by atoms with E-state index in [1.807, 2.05) is 51.2 Å². The van der Waals surface area contributed by atoms with Crippen molar-refractivity contribution in [1.82, 2.24) is 9.99 Å². The Labute approximate surface area is 143 Å². The number of carbonyl (C=O) groups is 1. The molecule has 0 spiro atoms. The molecule has 0 saturated heterocycles. The van der Waals surface area contributed by atoms with Crippen LogP contribution >= 0.6 is 22.6 Å². The van der Waals surface area contributed by atoms with Crippen molar-refractivity contribution in [3.8, 4) is 5.75 Å². The van der Waals surface area contributed by atoms with Gasteiger partial charge in [-0.05, 0) is 54.6 Å². The minimum absolute atomic E-state index is 0.0653. The second-order valence-corrected chi connectivity index (χ2v) is 6.06. The molecule has 2 rings (SSSR count). The summed E-state index contributed by atoms with van der Waals surface area (Å²) < 4.78 is 8.49. The number of nitrogens with one attached hydrogen (secondary N) is 1. The van der Waals surface area contributed by atoms with E-state index in [0.29, 0.717) is 5.75 Å². The minimum atomic E-state index is -0.291. The van der Waals surface area contributed by atoms with Crippen LogP contribution in [-0.2, 0) is 11.8 Å². The lowest BCUT2D eigenvalue weighted by Gasteiger charge is -2.06. The molecule has 0 unspecified atom stereocenters. The molecule has 0 aliphatic rings. The zero-order chi connectivity index (χ0) is 16.1. The fourth-order valence-corrected chi connectivity index (χ4v) is 2.47. The van der Waals surface area contributed by atoms with E-state index in [1.54, 1.807) is 6.21 Å². The van der Waals surface area contributed by atoms with Crippen molar-refractivity contribution in [2.24, 2.45) is 12.1 Å². The van der Waals surface area contributed by atoms with Crippen molar-refractivity contribution in [2.45, 2.75) is 13.8 Å². The lowest BCUT2D eigenvalue weighted by molar-refractivity contribution is -0.123. The quantitative estimate of drug-likeness (QED) is 0.468. The Balaban J connectivity index is 1.86. The molecule has 0 fully saturated rings. The second-order valence-electron chi connectivity index (χ2n) is 4.90. The fourth-order valence-electron chi connectivity index (χ4n) is 1.93. The number of para-hydroxylation sites is 1. The maximum atomic E-state index is 11.7. The molecule has 5 nitrogen and oxygen atoms in total. The molecule has 0 bridgehead atoms. The van der Waals surface area contributed by atoms with Gasteiger partial charge in [-0.2, -0.15) is 5.10 Å². The van der Waals surface area contributed by atoms with E-state index >= 15 is 0 Å². The van der Waals surface area contributed by atoms with Crippen LogP contribution in [0.2, 0.25) is 0 Å². The number of hydrogen-bond donors (Lipinski definition) is 1. The number of aromatic nitrogens is 1. The summed E-state index contributed by atoms with van der Waals surface area (Å²) in [6, 6.07) is 9.56. The highest BCUT2D eigenvalue weighted by Crippen LogP contribution is 2.19. The van der Waals surface area contributed by atoms with Crippen LogP contribution in [0.1, 0.15) is 17.0 Å². The van der Waals surface area contributed by atoms with E-state index in [1.165, 1.54) is 0 Å². The molecule has 0 aliphatic carbocycles. The predicted molar refractivity (Wildman–Crippen MR) is 95.3 cm³/mol. The summed E-state index contributed by atoms with van der Waals surface area (Å²) in [7, 11) is 2.00. The number of amides is 1. The van der Waals surface area contributed by atoms with Gasteiger partial charge in [0.25, 0.3) is 5.91 Å². The number of hydrazone groups is 1. The Hall–Kier alpha value is -1.83. The number of benzene rings is 1. The van der Waals surface area contributed by atoms with Gasteiger partial charge in [0.2, 0.25) is 0 Å². The van der Waals surface area contributed by atoms with Crippen molar-refractivity contribution in [3.05, 3.63) is 50.9 Å². The van der Waals surface area contributed by atoms with Gasteiger partial charge in [0.1, 0.15) is 5.75 Å². The van der Waals surface area contributed by atoms with Crippen molar-refractivity contribution in [3.63, 3.8) is 0 Å². The molecular formula is C16H18IN3O2. The van der Waals surface area contributed by atoms with Gasteiger partial charge in [-0.15, -0.1) is 0 Å². The molecule has 22 heavy (non-hydrogen) atoms. The third kappa shape index (κ3) is 4.09. The lowest BCUT2D eigenvalue weighted by atomic mass is 10.3. The molecule has 1 amide bonds. The predicted octanol–water partition coefficient (Wildman–Crippen LogP) is 2.78. The minimum Gasteiger partial charge on any atom is -0.483 e. The Bertz CT molecular complexity index is 707. The first kappa shape index (κ1) is 16.5. The number of aryl methyl sites for hydroxylation is 1. The van der Waals surface area contributed by atoms with Gasteiger partial charge in [0.15, 0.2) is 6.61 Å². The summed E-state index contributed by atoms with van der Waals surface area (Å²) >= 11 is 2.16. The standard InChI is InChI=1S/C16H18IN3O2/c1-11-8-13(12(2)20(11)3)9-18-19-16(21)10-22-15-7-5-4-6-14(15)17/h4-9H,10H2,1-3H3,(H,19,21)/b18-9+. The van der Waals surface area contributed by atoms with Crippen molar-refractivity contribution < 1.29 is 9.53 Å². The monoisotopic (exact) mass is 411 g/mol. The van der Waals surface area contributed by atoms with Crippen LogP contribution in [0.4, 0.5) is 0 Å². The second kappa shape index (κ2) is 7.44. The van der Waals surface area contributed by atoms with Gasteiger partial charge in [-0.1, -0.05) is 12.1 Å². The van der Waals surface area contributed by atoms with Gasteiger partial charge in [0, 0.05) is 24.0 Å². The first-order valence-electron chi connectivity index (χ1n) is 6.81. The molecule has 0 aliphatic heterocycles. The molecule has 1 aromatic heterocycles. The zero-order valence-electron chi connectivity index (χ0n) is 12.8. The SMILES string of the molecule is Cc1cc(/C=N/NC(=O)COc2ccccc2I)c(C)n1C. The fraction of sp³-hybridized carbons (Fsp3) is 0.250. The molecule has 1 heterocycles. The van der Waals surface area contributed by atoms with Gasteiger partial charge in [-0.3, -0.25) is 4.79 Å². The molecule has 1 aromatic carbocycles. The van der Waals surface area contributed by atoms with E-state index < -0.39 is 0 Å². The van der Waals surface area contributed by atoms with Crippen LogP contribution in [0.5, 0.6) is 5.75 Å². The topological polar surface area (TPSA) is 55.6 Å². The summed E-state index contributed by atoms with van der Waals surface area (Å²) in [5.41, 5.74) is 5.70. The maximum absolute atomic E-state index is 11.7. The Morgan fingerprint density at radius 1 is 1.41 bits per heavy atom. The van der Waals surface area contributed by atoms with Gasteiger partial charge in [-0.25, -0.2) is 5.43 Å². The normalized spacial score (nSPS) is 10.9. The summed E-state index contributed by atoms with van der Waals surface area (Å²) in [6.07, 6.45) is 1.65. The van der Waals surface area contributed by atoms with Crippen LogP contribution < -0.4 is 10.2 Å². The Morgan fingerprint density at radius 3 is 2.77 bits per heavy atom. The van der Waals surface area contributed by atoms with E-state index in [2.05, 4.69) is 37.7 Å². The van der Waals surface area contributed by atoms with Crippen molar-refractivity contribution >= 4 is 34.7 Å². The molecule has 6 heteroatoms. The highest BCUT2D eigenvalue weighted by atomic mass is 127. The van der Waals surface area contributed by atoms with Crippen LogP contribution in [0, 0.1) is 17.4 Å². The van der Waals surface area contributed by atoms with Crippen LogP contribution in [-0.4, -0.2) is 23.3 Å². The average Bonchev–Trinajstić information content (AvgIpc) is 2.74. The van der Waals surface area contributed by atoms with Crippen molar-refractivity contribution in [2.75, 3.05) is 6.61 Å². The van der Waals surface area contributed by atoms with E-state index in [4.69, 9.17) is 4.74 Å². The molecule has 0 radical (unpaired) electrons. The highest BCUT2D eigenvalue weighted by Gasteiger charge is 2.05. The number of nitrogens with zero attached hydrogens (tertiary/aromatic N) is 2. The number of ether oxygens (including phenoxy) is 1. The van der Waals surface area contributed by atoms with Crippen LogP contribution in [0.25, 0.3) is 0 Å². The molecular weight excluding hydrogens is 393 g/mol. The number of hydrogen-bond acceptors (Lipinski definition) is 3. The third-order valence-corrected chi connectivity index (χ3v) is 4.29. The largest absolute Gasteiger partial charge is 0.483 e. The maximum Gasteiger partial charge on any atom is 0.277 e. The summed E-state index contributed by atoms with van der Waals surface area (Å²) in [5.74, 6) is 0.401. The van der Waals surface area contributed by atoms with E-state index in [-0.39, 0.29) is 12.5 Å². The van der Waals surface area contributed by atoms with E-state index in [0.717, 1.165) is 20.5 Å². The number of halogens is 1. The average molecular weight is 411 g/mol. The van der Waals surface area contributed by atoms with Gasteiger partial charge in [0.05, 0.1) is 9.78 Å². The Kier molecular flexibility index (Phi) is 5.59. The number of rotatable bonds is 5. The highest BCUT2D eigenvalue weighted by molar-refractivity contribution is 14.1. The zero-order valence-corrected chi connectivity index (χ0v) is 14.9. The Morgan fingerprint density at radius 2 is 2.14 bits per heavy atom. The lowest BCUT2D eigenvalue weighted by Crippen LogP contribution is -2.24. The third-order valence-electron chi connectivity index (χ3n) is 3.40. The molecule has 116 valence electrons. The summed E-state index contributed by atoms with van der Waals surface area (Å²) in [5, 5.41) is 3.97. The number of carbonyl (C=O) groups excluding carboxylic acids is 1. The smallest absolute Gasteiger partial charge is 0.277 e. The van der Waals surface area contributed by atoms with Gasteiger partial charge < -0.3 is 9.30 Å². The first-order chi connectivity index (χ1) is 10.5. The summed E-state index contributed by atoms with van der Waals surface area (Å²) in [6.45, 7) is 3.97. The molecule has 0 atom stereocenters. The van der Waals surface area contributed by atoms with Crippen LogP contribution in [0.3, 0.4) is 0 Å². The van der Waals surface area contributed by atoms with Crippen LogP contribution in [0.15, 0.2) is 35.4 Å². The first-order valence-corrected chi connectivity index (χ1v) is 7.89. The van der Waals surface area contributed by atoms with Gasteiger partial charge >= 0.3 is 0 Å². The molecule has 0 saturated carbocycles. The molecule has 2 aromatic rings. The molecule has 1 N–H and O–H groups in total. The summed E-state index contributed by atoms with van der Waals surface area (Å²) in [4.78, 5) is 11.7. The van der Waals surface area contributed by atoms with E-state index in [9.17, 15) is 4.79 Å².